The molecule has 3 heterocycles. The van der Waals surface area contributed by atoms with E-state index in [0.717, 1.165) is 43.4 Å². The molecule has 0 unspecified atom stereocenters. The first kappa shape index (κ1) is 19.6. The van der Waals surface area contributed by atoms with E-state index in [1.54, 1.807) is 23.5 Å². The Hall–Kier alpha value is -1.67. The second-order valence-corrected chi connectivity index (χ2v) is 9.81. The highest BCUT2D eigenvalue weighted by molar-refractivity contribution is 7.22. The van der Waals surface area contributed by atoms with Gasteiger partial charge in [-0.3, -0.25) is 9.69 Å². The van der Waals surface area contributed by atoms with Crippen molar-refractivity contribution < 1.29 is 4.79 Å². The summed E-state index contributed by atoms with van der Waals surface area (Å²) in [5, 5.41) is 4.10. The van der Waals surface area contributed by atoms with Crippen molar-refractivity contribution >= 4 is 55.5 Å². The van der Waals surface area contributed by atoms with Crippen LogP contribution in [0.1, 0.15) is 20.8 Å². The zero-order valence-corrected chi connectivity index (χ0v) is 18.4. The predicted octanol–water partition coefficient (Wildman–Crippen LogP) is 4.18. The van der Waals surface area contributed by atoms with Crippen LogP contribution in [0.2, 0.25) is 4.34 Å². The van der Waals surface area contributed by atoms with Gasteiger partial charge in [-0.2, -0.15) is 0 Å². The van der Waals surface area contributed by atoms with Gasteiger partial charge in [-0.1, -0.05) is 29.0 Å². The molecule has 1 N–H and O–H groups in total. The molecule has 0 saturated carbocycles. The summed E-state index contributed by atoms with van der Waals surface area (Å²) < 4.78 is 1.93. The molecule has 28 heavy (non-hydrogen) atoms. The summed E-state index contributed by atoms with van der Waals surface area (Å²) in [6.07, 6.45) is 0. The first-order chi connectivity index (χ1) is 13.5. The number of benzene rings is 1. The molecule has 1 aromatic carbocycles. The van der Waals surface area contributed by atoms with E-state index in [-0.39, 0.29) is 5.91 Å². The van der Waals surface area contributed by atoms with Gasteiger partial charge in [-0.25, -0.2) is 4.98 Å². The zero-order valence-electron chi connectivity index (χ0n) is 16.0. The normalized spacial score (nSPS) is 15.3. The van der Waals surface area contributed by atoms with Gasteiger partial charge in [0, 0.05) is 39.3 Å². The Kier molecular flexibility index (Phi) is 5.87. The first-order valence-electron chi connectivity index (χ1n) is 9.38. The number of nitrogens with zero attached hydrogens (tertiary/aromatic N) is 3. The second kappa shape index (κ2) is 8.37. The summed E-state index contributed by atoms with van der Waals surface area (Å²) in [5.41, 5.74) is 3.68. The van der Waals surface area contributed by atoms with E-state index in [4.69, 9.17) is 16.6 Å². The van der Waals surface area contributed by atoms with Crippen molar-refractivity contribution in [1.82, 2.24) is 15.2 Å². The third kappa shape index (κ3) is 4.33. The number of piperazine rings is 1. The van der Waals surface area contributed by atoms with Gasteiger partial charge in [-0.15, -0.1) is 11.3 Å². The van der Waals surface area contributed by atoms with Gasteiger partial charge >= 0.3 is 0 Å². The van der Waals surface area contributed by atoms with Gasteiger partial charge in [0.25, 0.3) is 5.91 Å². The number of thiophene rings is 1. The first-order valence-corrected chi connectivity index (χ1v) is 11.4. The van der Waals surface area contributed by atoms with E-state index < -0.39 is 0 Å². The van der Waals surface area contributed by atoms with Gasteiger partial charge in [0.15, 0.2) is 5.13 Å². The van der Waals surface area contributed by atoms with E-state index in [0.29, 0.717) is 15.8 Å². The standard InChI is InChI=1S/C20H23ClN4OS2/c1-13-11-14(2)18-15(12-13)23-20(28-18)25-9-7-24(8-10-25)6-5-22-19(26)16-3-4-17(21)27-16/h3-4,11-12H,5-10H2,1-2H3,(H,22,26). The molecule has 0 bridgehead atoms. The van der Waals surface area contributed by atoms with Crippen LogP contribution < -0.4 is 10.2 Å². The Labute approximate surface area is 177 Å². The molecular formula is C20H23ClN4OS2. The SMILES string of the molecule is Cc1cc(C)c2sc(N3CCN(CCNC(=O)c4ccc(Cl)s4)CC3)nc2c1. The average Bonchev–Trinajstić information content (AvgIpc) is 3.29. The largest absolute Gasteiger partial charge is 0.350 e. The van der Waals surface area contributed by atoms with E-state index in [1.165, 1.54) is 27.2 Å². The van der Waals surface area contributed by atoms with Crippen molar-refractivity contribution in [3.8, 4) is 0 Å². The zero-order chi connectivity index (χ0) is 19.7. The molecular weight excluding hydrogens is 412 g/mol. The molecule has 1 fully saturated rings. The third-order valence-electron chi connectivity index (χ3n) is 4.96. The van der Waals surface area contributed by atoms with Crippen LogP contribution >= 0.6 is 34.3 Å². The fourth-order valence-electron chi connectivity index (χ4n) is 3.51. The Morgan fingerprint density at radius 1 is 1.18 bits per heavy atom. The third-order valence-corrected chi connectivity index (χ3v) is 7.46. The fourth-order valence-corrected chi connectivity index (χ4v) is 5.54. The quantitative estimate of drug-likeness (QED) is 0.654. The highest BCUT2D eigenvalue weighted by Crippen LogP contribution is 2.32. The van der Waals surface area contributed by atoms with Crippen molar-refractivity contribution in [2.75, 3.05) is 44.2 Å². The molecule has 1 aliphatic heterocycles. The number of nitrogens with one attached hydrogen (secondary N) is 1. The van der Waals surface area contributed by atoms with Gasteiger partial charge in [-0.05, 0) is 43.2 Å². The molecule has 3 aromatic rings. The molecule has 8 heteroatoms. The number of carbonyl (C=O) groups is 1. The molecule has 2 aromatic heterocycles. The lowest BCUT2D eigenvalue weighted by Crippen LogP contribution is -2.48. The van der Waals surface area contributed by atoms with E-state index in [1.807, 2.05) is 0 Å². The number of aryl methyl sites for hydroxylation is 2. The Bertz CT molecular complexity index is 991. The minimum absolute atomic E-state index is 0.0457. The topological polar surface area (TPSA) is 48.5 Å². The predicted molar refractivity (Wildman–Crippen MR) is 119 cm³/mol. The molecule has 0 aliphatic carbocycles. The number of hydrogen-bond donors (Lipinski definition) is 1. The van der Waals surface area contributed by atoms with Crippen molar-refractivity contribution in [1.29, 1.82) is 0 Å². The van der Waals surface area contributed by atoms with Crippen LogP contribution in [-0.4, -0.2) is 55.1 Å². The summed E-state index contributed by atoms with van der Waals surface area (Å²) in [6, 6.07) is 7.91. The summed E-state index contributed by atoms with van der Waals surface area (Å²) in [7, 11) is 0. The minimum Gasteiger partial charge on any atom is -0.350 e. The number of carbonyl (C=O) groups excluding carboxylic acids is 1. The number of hydrogen-bond acceptors (Lipinski definition) is 6. The van der Waals surface area contributed by atoms with Crippen molar-refractivity contribution in [2.24, 2.45) is 0 Å². The molecule has 148 valence electrons. The molecule has 1 aliphatic rings. The summed E-state index contributed by atoms with van der Waals surface area (Å²) in [5.74, 6) is -0.0457. The van der Waals surface area contributed by atoms with Crippen molar-refractivity contribution in [3.05, 3.63) is 44.6 Å². The van der Waals surface area contributed by atoms with Crippen LogP contribution in [0.5, 0.6) is 0 Å². The van der Waals surface area contributed by atoms with Gasteiger partial charge in [0.2, 0.25) is 0 Å². The van der Waals surface area contributed by atoms with Gasteiger partial charge < -0.3 is 10.2 Å². The number of rotatable bonds is 5. The maximum Gasteiger partial charge on any atom is 0.261 e. The molecule has 5 nitrogen and oxygen atoms in total. The lowest BCUT2D eigenvalue weighted by Gasteiger charge is -2.34. The molecule has 1 amide bonds. The number of aromatic nitrogens is 1. The molecule has 0 spiro atoms. The van der Waals surface area contributed by atoms with Gasteiger partial charge in [0.05, 0.1) is 19.4 Å². The lowest BCUT2D eigenvalue weighted by molar-refractivity contribution is 0.0952. The summed E-state index contributed by atoms with van der Waals surface area (Å²) >= 11 is 8.99. The van der Waals surface area contributed by atoms with Crippen molar-refractivity contribution in [3.63, 3.8) is 0 Å². The Balaban J connectivity index is 1.28. The van der Waals surface area contributed by atoms with E-state index in [9.17, 15) is 4.79 Å². The lowest BCUT2D eigenvalue weighted by atomic mass is 10.1. The summed E-state index contributed by atoms with van der Waals surface area (Å²) in [4.78, 5) is 22.4. The molecule has 0 atom stereocenters. The van der Waals surface area contributed by atoms with E-state index >= 15 is 0 Å². The highest BCUT2D eigenvalue weighted by atomic mass is 35.5. The number of amides is 1. The van der Waals surface area contributed by atoms with Crippen LogP contribution in [-0.2, 0) is 0 Å². The molecule has 1 saturated heterocycles. The smallest absolute Gasteiger partial charge is 0.261 e. The maximum absolute atomic E-state index is 12.1. The molecule has 0 radical (unpaired) electrons. The van der Waals surface area contributed by atoms with Crippen LogP contribution in [0.3, 0.4) is 0 Å². The van der Waals surface area contributed by atoms with Gasteiger partial charge in [0.1, 0.15) is 0 Å². The minimum atomic E-state index is -0.0457. The van der Waals surface area contributed by atoms with E-state index in [2.05, 4.69) is 41.1 Å². The fraction of sp³-hybridized carbons (Fsp3) is 0.400. The maximum atomic E-state index is 12.1. The Morgan fingerprint density at radius 2 is 1.96 bits per heavy atom. The average molecular weight is 435 g/mol. The second-order valence-electron chi connectivity index (χ2n) is 7.11. The van der Waals surface area contributed by atoms with Crippen LogP contribution in [0.4, 0.5) is 5.13 Å². The van der Waals surface area contributed by atoms with Crippen molar-refractivity contribution in [2.45, 2.75) is 13.8 Å². The summed E-state index contributed by atoms with van der Waals surface area (Å²) in [6.45, 7) is 9.68. The number of fused-ring (bicyclic) bond motifs is 1. The number of halogens is 1. The van der Waals surface area contributed by atoms with Crippen LogP contribution in [0.25, 0.3) is 10.2 Å². The number of anilines is 1. The number of thiazole rings is 1. The van der Waals surface area contributed by atoms with Crippen LogP contribution in [0, 0.1) is 13.8 Å². The van der Waals surface area contributed by atoms with Crippen LogP contribution in [0.15, 0.2) is 24.3 Å². The monoisotopic (exact) mass is 434 g/mol. The highest BCUT2D eigenvalue weighted by Gasteiger charge is 2.20. The molecule has 4 rings (SSSR count). The Morgan fingerprint density at radius 3 is 2.68 bits per heavy atom.